The number of fused-ring (bicyclic) bond motifs is 1. The Balaban J connectivity index is 0.000000417. The van der Waals surface area contributed by atoms with Crippen molar-refractivity contribution in [2.75, 3.05) is 46.2 Å². The molecule has 5 heterocycles. The Labute approximate surface area is 590 Å². The summed E-state index contributed by atoms with van der Waals surface area (Å²) in [6, 6.07) is 47.9. The Morgan fingerprint density at radius 2 is 0.857 bits per heavy atom. The molecule has 0 unspecified atom stereocenters. The predicted octanol–water partition coefficient (Wildman–Crippen LogP) is 12.4. The van der Waals surface area contributed by atoms with Crippen LogP contribution in [-0.4, -0.2) is 86.4 Å². The van der Waals surface area contributed by atoms with E-state index in [0.717, 1.165) is 85.4 Å². The van der Waals surface area contributed by atoms with E-state index >= 15 is 0 Å². The molecule has 25 nitrogen and oxygen atoms in total. The molecule has 0 aliphatic rings. The molecular formula is C72H81N10NaO15. The first-order chi connectivity index (χ1) is 47.2. The number of hydrogen-bond donors (Lipinski definition) is 2. The smallest absolute Gasteiger partial charge is 0.855 e. The molecule has 9 aromatic rings. The van der Waals surface area contributed by atoms with Crippen LogP contribution in [0.1, 0.15) is 119 Å². The van der Waals surface area contributed by atoms with E-state index in [9.17, 15) is 24.0 Å². The summed E-state index contributed by atoms with van der Waals surface area (Å²) in [6.45, 7) is 11.2. The zero-order valence-corrected chi connectivity index (χ0v) is 58.2. The van der Waals surface area contributed by atoms with Crippen molar-refractivity contribution in [2.45, 2.75) is 92.9 Å². The third kappa shape index (κ3) is 34.2. The summed E-state index contributed by atoms with van der Waals surface area (Å²) in [5, 5.41) is 26.2. The van der Waals surface area contributed by atoms with E-state index in [1.807, 2.05) is 84.9 Å². The number of aromatic nitrogens is 1. The standard InChI is InChI=1S/2C17H17N3O3.C17H17NO3.C13H12O2.C4H7N3O2.C2H6O.C2H5O.Na/c2*1-2-22-17(21)16(19-20-18)11-15-10-14(12-23-15)9-8-13-6-4-3-5-7-13;1-2-20-17(19)14-10-15-16(18-14)13(11-21-15)9-8-12-6-4-3-5-7-12;14-9-13-8-12(10-15-13)7-6-11-4-2-1-3-5-11;1-2-9-4(8)3-6-7-5;2*1-2-3;/h2*3-7,10-12H,2,8-9H2,1H3;3-7,10-11,18H,2,8-9H2,1H3;1-5,8-10H,6-7H2;2-3H2,1H3;3H,2H2,1H3;2H2,1H3;/q;;;;;;-1;+1/b2*16-11-;;;;;;. The summed E-state index contributed by atoms with van der Waals surface area (Å²) in [7, 11) is 0. The van der Waals surface area contributed by atoms with Crippen molar-refractivity contribution in [3.8, 4) is 0 Å². The predicted molar refractivity (Wildman–Crippen MR) is 365 cm³/mol. The fourth-order valence-corrected chi connectivity index (χ4v) is 8.31. The number of benzene rings is 4. The molecule has 0 aliphatic heterocycles. The molecule has 0 saturated heterocycles. The molecule has 0 fully saturated rings. The Hall–Kier alpha value is -10.6. The van der Waals surface area contributed by atoms with Gasteiger partial charge in [0.15, 0.2) is 17.6 Å². The average molecular weight is 1350 g/mol. The molecule has 0 radical (unpaired) electrons. The normalized spacial score (nSPS) is 10.1. The number of aliphatic hydroxyl groups is 1. The Bertz CT molecular complexity index is 3810. The van der Waals surface area contributed by atoms with E-state index in [4.69, 9.17) is 58.7 Å². The number of H-pyrrole nitrogens is 1. The Kier molecular flexibility index (Phi) is 44.1. The molecule has 0 amide bonds. The number of nitrogens with one attached hydrogen (secondary N) is 1. The molecule has 510 valence electrons. The van der Waals surface area contributed by atoms with Crippen molar-refractivity contribution in [1.29, 1.82) is 0 Å². The second-order valence-electron chi connectivity index (χ2n) is 19.7. The van der Waals surface area contributed by atoms with Gasteiger partial charge < -0.3 is 51.8 Å². The quantitative estimate of drug-likeness (QED) is 0.00743. The first-order valence-electron chi connectivity index (χ1n) is 31.1. The number of furan rings is 4. The molecule has 5 aromatic heterocycles. The summed E-state index contributed by atoms with van der Waals surface area (Å²) in [6.07, 6.45) is 17.2. The molecule has 0 atom stereocenters. The minimum atomic E-state index is -0.674. The Morgan fingerprint density at radius 1 is 0.500 bits per heavy atom. The van der Waals surface area contributed by atoms with Gasteiger partial charge in [0.2, 0.25) is 0 Å². The van der Waals surface area contributed by atoms with Gasteiger partial charge in [-0.05, 0) is 172 Å². The van der Waals surface area contributed by atoms with Crippen LogP contribution in [0.3, 0.4) is 0 Å². The van der Waals surface area contributed by atoms with Crippen molar-refractivity contribution < 1.29 is 100 Å². The van der Waals surface area contributed by atoms with Gasteiger partial charge in [-0.1, -0.05) is 144 Å². The number of carbonyl (C=O) groups is 5. The summed E-state index contributed by atoms with van der Waals surface area (Å²) >= 11 is 0. The van der Waals surface area contributed by atoms with E-state index in [0.29, 0.717) is 41.8 Å². The van der Waals surface area contributed by atoms with Crippen LogP contribution in [0.5, 0.6) is 0 Å². The number of azide groups is 3. The molecule has 4 aromatic carbocycles. The number of aromatic amines is 1. The van der Waals surface area contributed by atoms with Crippen molar-refractivity contribution in [3.63, 3.8) is 0 Å². The third-order valence-corrected chi connectivity index (χ3v) is 12.6. The van der Waals surface area contributed by atoms with Crippen molar-refractivity contribution in [3.05, 3.63) is 281 Å². The summed E-state index contributed by atoms with van der Waals surface area (Å²) in [5.74, 6) is -0.890. The summed E-state index contributed by atoms with van der Waals surface area (Å²) < 4.78 is 40.4. The first-order valence-corrected chi connectivity index (χ1v) is 31.1. The number of rotatable bonds is 26. The zero-order chi connectivity index (χ0) is 70.7. The topological polar surface area (TPSA) is 380 Å². The number of aldehydes is 1. The minimum Gasteiger partial charge on any atom is -0.855 e. The van der Waals surface area contributed by atoms with Crippen LogP contribution in [0.2, 0.25) is 0 Å². The van der Waals surface area contributed by atoms with Crippen LogP contribution in [0.4, 0.5) is 0 Å². The number of aryl methyl sites for hydroxylation is 8. The third-order valence-electron chi connectivity index (χ3n) is 12.6. The maximum atomic E-state index is 11.7. The molecule has 26 heteroatoms. The number of esters is 4. The van der Waals surface area contributed by atoms with Crippen LogP contribution in [0.15, 0.2) is 215 Å². The minimum absolute atomic E-state index is 0. The van der Waals surface area contributed by atoms with Gasteiger partial charge in [0, 0.05) is 33.0 Å². The fraction of sp³-hybridized carbons (Fsp3) is 0.292. The number of aliphatic hydroxyl groups excluding tert-OH is 1. The number of carbonyl (C=O) groups excluding carboxylic acids is 5. The van der Waals surface area contributed by atoms with Gasteiger partial charge in [-0.15, -0.1) is 6.61 Å². The molecule has 9 rings (SSSR count). The van der Waals surface area contributed by atoms with Crippen molar-refractivity contribution >= 4 is 53.4 Å². The molecule has 98 heavy (non-hydrogen) atoms. The average Bonchev–Trinajstić information content (AvgIpc) is 1.66. The molecule has 0 bridgehead atoms. The van der Waals surface area contributed by atoms with Crippen LogP contribution < -0.4 is 34.7 Å². The largest absolute Gasteiger partial charge is 1.00 e. The first kappa shape index (κ1) is 83.5. The van der Waals surface area contributed by atoms with Crippen LogP contribution in [0, 0.1) is 0 Å². The zero-order valence-electron chi connectivity index (χ0n) is 56.2. The van der Waals surface area contributed by atoms with E-state index in [1.54, 1.807) is 78.7 Å². The molecule has 0 aliphatic carbocycles. The number of hydrogen-bond acceptors (Lipinski definition) is 18. The van der Waals surface area contributed by atoms with Gasteiger partial charge in [-0.2, -0.15) is 0 Å². The monoisotopic (exact) mass is 1350 g/mol. The van der Waals surface area contributed by atoms with Gasteiger partial charge in [-0.25, -0.2) is 14.4 Å². The van der Waals surface area contributed by atoms with Gasteiger partial charge in [0.1, 0.15) is 35.2 Å². The SMILES string of the molecule is CCO.CCOC(=O)/C(=C/c1cc(CCc2ccccc2)co1)N=[N+]=[N-].CCOC(=O)/C(=C/c1cc(CCc2ccccc2)co1)N=[N+]=[N-].CCOC(=O)CN=[N+]=[N-].CCOC(=O)c1cc2occ(CCc3ccccc3)c2[nH]1.CC[O-].O=Cc1cc(CCc2ccccc2)co1.[Na+]. The summed E-state index contributed by atoms with van der Waals surface area (Å²) in [4.78, 5) is 66.5. The van der Waals surface area contributed by atoms with Crippen LogP contribution in [-0.2, 0) is 84.7 Å². The molecule has 0 saturated carbocycles. The van der Waals surface area contributed by atoms with E-state index in [2.05, 4.69) is 88.3 Å². The number of nitrogens with zero attached hydrogens (tertiary/aromatic N) is 9. The van der Waals surface area contributed by atoms with Gasteiger partial charge in [-0.3, -0.25) is 9.59 Å². The molecule has 2 N–H and O–H groups in total. The second-order valence-corrected chi connectivity index (χ2v) is 19.7. The Morgan fingerprint density at radius 3 is 1.20 bits per heavy atom. The van der Waals surface area contributed by atoms with Crippen molar-refractivity contribution in [2.24, 2.45) is 15.3 Å². The molecule has 0 spiro atoms. The van der Waals surface area contributed by atoms with E-state index in [1.165, 1.54) is 34.4 Å². The van der Waals surface area contributed by atoms with E-state index < -0.39 is 17.9 Å². The molecular weight excluding hydrogens is 1270 g/mol. The van der Waals surface area contributed by atoms with Crippen LogP contribution >= 0.6 is 0 Å². The van der Waals surface area contributed by atoms with Gasteiger partial charge in [0.05, 0.1) is 57.0 Å². The van der Waals surface area contributed by atoms with Gasteiger partial charge >= 0.3 is 53.4 Å². The van der Waals surface area contributed by atoms with Crippen molar-refractivity contribution in [1.82, 2.24) is 4.98 Å². The fourth-order valence-electron chi connectivity index (χ4n) is 8.31. The maximum Gasteiger partial charge on any atom is 1.00 e. The van der Waals surface area contributed by atoms with E-state index in [-0.39, 0.29) is 79.9 Å². The van der Waals surface area contributed by atoms with Gasteiger partial charge in [0.25, 0.3) is 0 Å². The second kappa shape index (κ2) is 51.7. The van der Waals surface area contributed by atoms with Crippen LogP contribution in [0.25, 0.3) is 54.6 Å². The summed E-state index contributed by atoms with van der Waals surface area (Å²) in [5.41, 5.74) is 35.8. The maximum absolute atomic E-state index is 11.7. The number of ether oxygens (including phenoxy) is 4.